The molecule has 3 heteroatoms. The second kappa shape index (κ2) is 14.3. The van der Waals surface area contributed by atoms with Crippen molar-refractivity contribution < 1.29 is 9.47 Å². The molecule has 1 aliphatic carbocycles. The van der Waals surface area contributed by atoms with Crippen LogP contribution in [0.2, 0.25) is 0 Å². The molecule has 0 saturated carbocycles. The minimum absolute atomic E-state index is 0.581. The smallest absolute Gasteiger partial charge is 0.178 e. The highest BCUT2D eigenvalue weighted by atomic mass is 16.6. The van der Waals surface area contributed by atoms with Gasteiger partial charge in [0.25, 0.3) is 0 Å². The van der Waals surface area contributed by atoms with E-state index < -0.39 is 5.41 Å². The van der Waals surface area contributed by atoms with Crippen molar-refractivity contribution in [3.63, 3.8) is 0 Å². The van der Waals surface area contributed by atoms with E-state index in [4.69, 9.17) is 9.47 Å². The maximum absolute atomic E-state index is 6.72. The van der Waals surface area contributed by atoms with Crippen molar-refractivity contribution in [3.8, 4) is 45.3 Å². The van der Waals surface area contributed by atoms with E-state index in [1.54, 1.807) is 0 Å². The van der Waals surface area contributed by atoms with Crippen molar-refractivity contribution in [2.45, 2.75) is 5.41 Å². The zero-order valence-electron chi connectivity index (χ0n) is 34.8. The van der Waals surface area contributed by atoms with Crippen LogP contribution in [0.4, 0.5) is 17.1 Å². The molecule has 0 bridgehead atoms. The molecule has 2 aliphatic rings. The number of rotatable bonds is 6. The van der Waals surface area contributed by atoms with Gasteiger partial charge in [0.15, 0.2) is 23.0 Å². The molecule has 13 rings (SSSR count). The Balaban J connectivity index is 0.899. The van der Waals surface area contributed by atoms with Crippen LogP contribution >= 0.6 is 0 Å². The molecule has 64 heavy (non-hydrogen) atoms. The lowest BCUT2D eigenvalue weighted by Gasteiger charge is -2.34. The monoisotopic (exact) mass is 817 g/mol. The highest BCUT2D eigenvalue weighted by Gasteiger charge is 2.48. The summed E-state index contributed by atoms with van der Waals surface area (Å²) in [5, 5.41) is 7.26. The predicted octanol–water partition coefficient (Wildman–Crippen LogP) is 16.5. The quantitative estimate of drug-likeness (QED) is 0.167. The Hall–Kier alpha value is -8.40. The largest absolute Gasteiger partial charge is 0.449 e. The molecule has 0 N–H and O–H groups in total. The second-order valence-electron chi connectivity index (χ2n) is 16.8. The van der Waals surface area contributed by atoms with Crippen LogP contribution in [0.5, 0.6) is 23.0 Å². The Morgan fingerprint density at radius 3 is 1.50 bits per heavy atom. The third kappa shape index (κ3) is 5.61. The van der Waals surface area contributed by atoms with Crippen LogP contribution in [0.1, 0.15) is 22.3 Å². The van der Waals surface area contributed by atoms with Gasteiger partial charge in [-0.15, -0.1) is 0 Å². The van der Waals surface area contributed by atoms with Gasteiger partial charge in [0.1, 0.15) is 0 Å². The minimum atomic E-state index is -0.581. The topological polar surface area (TPSA) is 21.7 Å². The fraction of sp³-hybridized carbons (Fsp3) is 0.0164. The number of hydrogen-bond donors (Lipinski definition) is 0. The van der Waals surface area contributed by atoms with Gasteiger partial charge in [0, 0.05) is 22.6 Å². The summed E-state index contributed by atoms with van der Waals surface area (Å²) in [6.07, 6.45) is 0. The van der Waals surface area contributed by atoms with Crippen molar-refractivity contribution in [1.82, 2.24) is 0 Å². The summed E-state index contributed by atoms with van der Waals surface area (Å²) in [7, 11) is 0. The molecule has 1 heterocycles. The maximum Gasteiger partial charge on any atom is 0.178 e. The number of ether oxygens (including phenoxy) is 2. The van der Waals surface area contributed by atoms with Gasteiger partial charge in [-0.25, -0.2) is 0 Å². The fourth-order valence-corrected chi connectivity index (χ4v) is 10.4. The van der Waals surface area contributed by atoms with Crippen LogP contribution in [0.25, 0.3) is 54.6 Å². The van der Waals surface area contributed by atoms with Gasteiger partial charge in [-0.1, -0.05) is 176 Å². The van der Waals surface area contributed by atoms with E-state index in [9.17, 15) is 0 Å². The molecular weight excluding hydrogens is 779 g/mol. The van der Waals surface area contributed by atoms with Crippen LogP contribution in [-0.4, -0.2) is 0 Å². The van der Waals surface area contributed by atoms with Crippen LogP contribution in [0, 0.1) is 0 Å². The summed E-state index contributed by atoms with van der Waals surface area (Å²) >= 11 is 0. The molecule has 11 aromatic carbocycles. The van der Waals surface area contributed by atoms with Crippen LogP contribution in [0.15, 0.2) is 237 Å². The number of benzene rings is 11. The highest BCUT2D eigenvalue weighted by Crippen LogP contribution is 2.62. The number of anilines is 3. The summed E-state index contributed by atoms with van der Waals surface area (Å²) in [4.78, 5) is 2.38. The predicted molar refractivity (Wildman–Crippen MR) is 263 cm³/mol. The third-order valence-corrected chi connectivity index (χ3v) is 13.3. The lowest BCUT2D eigenvalue weighted by atomic mass is 9.67. The standard InChI is InChI=1S/C61H39NO2/c1-2-16-48(17-3-1)61(54-19-9-8-18-53(54)59-55(61)34-35-58-60(59)64-57-21-11-10-20-56(57)63-58)49-29-24-42(25-30-49)45-22-23-47-39-52(33-28-46(47)36-45)62(50-31-26-40-12-4-6-14-43(40)37-50)51-32-27-41-13-5-7-15-44(41)38-51/h1-39H. The van der Waals surface area contributed by atoms with Crippen LogP contribution < -0.4 is 14.4 Å². The van der Waals surface area contributed by atoms with Crippen molar-refractivity contribution >= 4 is 49.4 Å². The summed E-state index contributed by atoms with van der Waals surface area (Å²) in [6.45, 7) is 0. The van der Waals surface area contributed by atoms with E-state index in [2.05, 4.69) is 217 Å². The van der Waals surface area contributed by atoms with Crippen molar-refractivity contribution in [3.05, 3.63) is 259 Å². The van der Waals surface area contributed by atoms with Gasteiger partial charge in [-0.2, -0.15) is 0 Å². The molecule has 0 amide bonds. The molecule has 0 fully saturated rings. The molecule has 0 spiro atoms. The lowest BCUT2D eigenvalue weighted by Crippen LogP contribution is -2.28. The fourth-order valence-electron chi connectivity index (χ4n) is 10.4. The number of fused-ring (bicyclic) bond motifs is 9. The van der Waals surface area contributed by atoms with E-state index in [1.807, 2.05) is 24.3 Å². The van der Waals surface area contributed by atoms with E-state index in [1.165, 1.54) is 60.1 Å². The van der Waals surface area contributed by atoms with E-state index in [-0.39, 0.29) is 0 Å². The first-order valence-electron chi connectivity index (χ1n) is 21.9. The normalized spacial score (nSPS) is 14.6. The second-order valence-corrected chi connectivity index (χ2v) is 16.8. The summed E-state index contributed by atoms with van der Waals surface area (Å²) < 4.78 is 13.2. The maximum atomic E-state index is 6.72. The Bertz CT molecular complexity index is 3550. The van der Waals surface area contributed by atoms with Gasteiger partial charge in [0.05, 0.1) is 5.41 Å². The average Bonchev–Trinajstić information content (AvgIpc) is 3.67. The summed E-state index contributed by atoms with van der Waals surface area (Å²) in [5.41, 5.74) is 12.1. The summed E-state index contributed by atoms with van der Waals surface area (Å²) in [5.74, 6) is 2.94. The summed E-state index contributed by atoms with van der Waals surface area (Å²) in [6, 6.07) is 85.4. The van der Waals surface area contributed by atoms with Gasteiger partial charge in [0.2, 0.25) is 0 Å². The van der Waals surface area contributed by atoms with E-state index >= 15 is 0 Å². The Morgan fingerprint density at radius 2 is 0.812 bits per heavy atom. The molecular formula is C61H39NO2. The Labute approximate surface area is 371 Å². The highest BCUT2D eigenvalue weighted by molar-refractivity contribution is 5.97. The van der Waals surface area contributed by atoms with Crippen molar-refractivity contribution in [2.24, 2.45) is 0 Å². The minimum Gasteiger partial charge on any atom is -0.449 e. The first-order chi connectivity index (χ1) is 31.7. The van der Waals surface area contributed by atoms with E-state index in [0.717, 1.165) is 56.8 Å². The molecule has 3 nitrogen and oxygen atoms in total. The molecule has 0 radical (unpaired) electrons. The molecule has 300 valence electrons. The van der Waals surface area contributed by atoms with Crippen molar-refractivity contribution in [2.75, 3.05) is 4.90 Å². The first-order valence-corrected chi connectivity index (χ1v) is 21.9. The number of hydrogen-bond acceptors (Lipinski definition) is 3. The first kappa shape index (κ1) is 36.3. The molecule has 11 aromatic rings. The van der Waals surface area contributed by atoms with Crippen LogP contribution in [0.3, 0.4) is 0 Å². The molecule has 0 aromatic heterocycles. The molecule has 1 aliphatic heterocycles. The molecule has 1 unspecified atom stereocenters. The van der Waals surface area contributed by atoms with Crippen molar-refractivity contribution in [1.29, 1.82) is 0 Å². The zero-order chi connectivity index (χ0) is 42.2. The number of nitrogens with zero attached hydrogens (tertiary/aromatic N) is 1. The SMILES string of the molecule is c1ccc(C2(c3ccc(-c4ccc5cc(N(c6ccc7ccccc7c6)c6ccc7ccccc7c6)ccc5c4)cc3)c3ccccc3-c3c2ccc2c3Oc3ccccc3O2)cc1. The van der Waals surface area contributed by atoms with Crippen LogP contribution in [-0.2, 0) is 5.41 Å². The number of para-hydroxylation sites is 2. The molecule has 1 atom stereocenters. The average molecular weight is 818 g/mol. The van der Waals surface area contributed by atoms with E-state index in [0.29, 0.717) is 0 Å². The Kier molecular flexibility index (Phi) is 8.13. The third-order valence-electron chi connectivity index (χ3n) is 13.3. The molecule has 0 saturated heterocycles. The van der Waals surface area contributed by atoms with Gasteiger partial charge in [-0.3, -0.25) is 0 Å². The van der Waals surface area contributed by atoms with Gasteiger partial charge in [-0.05, 0) is 132 Å². The zero-order valence-corrected chi connectivity index (χ0v) is 34.8. The van der Waals surface area contributed by atoms with Gasteiger partial charge >= 0.3 is 0 Å². The van der Waals surface area contributed by atoms with Gasteiger partial charge < -0.3 is 14.4 Å². The lowest BCUT2D eigenvalue weighted by molar-refractivity contribution is 0.360. The Morgan fingerprint density at radius 1 is 0.312 bits per heavy atom.